The van der Waals surface area contributed by atoms with Crippen molar-refractivity contribution in [3.05, 3.63) is 63.7 Å². The van der Waals surface area contributed by atoms with E-state index in [1.165, 1.54) is 12.5 Å². The summed E-state index contributed by atoms with van der Waals surface area (Å²) in [4.78, 5) is 26.5. The van der Waals surface area contributed by atoms with E-state index in [1.54, 1.807) is 24.3 Å². The average molecular weight is 481 g/mol. The van der Waals surface area contributed by atoms with Crippen molar-refractivity contribution >= 4 is 34.5 Å². The summed E-state index contributed by atoms with van der Waals surface area (Å²) in [6.45, 7) is 2.77. The molecule has 4 rings (SSSR count). The minimum Gasteiger partial charge on any atom is -0.507 e. The summed E-state index contributed by atoms with van der Waals surface area (Å²) in [5, 5.41) is 21.2. The number of anilines is 2. The fraction of sp³-hybridized carbons (Fsp3) is 0.231. The Morgan fingerprint density at radius 2 is 1.56 bits per heavy atom. The lowest BCUT2D eigenvalue weighted by Crippen LogP contribution is -2.24. The Morgan fingerprint density at radius 3 is 2.24 bits per heavy atom. The summed E-state index contributed by atoms with van der Waals surface area (Å²) in [6, 6.07) is 9.54. The predicted octanol–water partition coefficient (Wildman–Crippen LogP) is 5.32. The molecule has 34 heavy (non-hydrogen) atoms. The standard InChI is InChI=1S/C26H25ClN2O5/c1-2-3-4-5-10-34-14-8-6-13(7-9-14)15-11-17(28)19-22(24(15)31)26(33)21-20(25(19)32)18(30)12-16(27)23(21)29/h6-9,11-12,30-31H,2-5,10,28-29H2,1H3. The first-order valence-electron chi connectivity index (χ1n) is 11.0. The number of unbranched alkanes of at least 4 members (excludes halogenated alkanes) is 3. The minimum atomic E-state index is -0.738. The molecule has 8 heteroatoms. The average Bonchev–Trinajstić information content (AvgIpc) is 2.81. The molecule has 1 aliphatic carbocycles. The van der Waals surface area contributed by atoms with Crippen LogP contribution in [0.25, 0.3) is 11.1 Å². The molecule has 0 aliphatic heterocycles. The fourth-order valence-electron chi connectivity index (χ4n) is 4.20. The summed E-state index contributed by atoms with van der Waals surface area (Å²) >= 11 is 6.02. The lowest BCUT2D eigenvalue weighted by Gasteiger charge is -2.24. The monoisotopic (exact) mass is 480 g/mol. The number of carbonyl (C=O) groups excluding carboxylic acids is 2. The summed E-state index contributed by atoms with van der Waals surface area (Å²) in [5.41, 5.74) is 11.9. The van der Waals surface area contributed by atoms with Crippen molar-refractivity contribution in [2.75, 3.05) is 18.1 Å². The highest BCUT2D eigenvalue weighted by Gasteiger charge is 2.39. The second-order valence-corrected chi connectivity index (χ2v) is 8.65. The second kappa shape index (κ2) is 9.27. The van der Waals surface area contributed by atoms with Gasteiger partial charge in [0.15, 0.2) is 0 Å². The smallest absolute Gasteiger partial charge is 0.200 e. The van der Waals surface area contributed by atoms with Crippen molar-refractivity contribution < 1.29 is 24.5 Å². The van der Waals surface area contributed by atoms with Gasteiger partial charge in [-0.3, -0.25) is 9.59 Å². The van der Waals surface area contributed by atoms with Crippen molar-refractivity contribution in [2.45, 2.75) is 32.6 Å². The van der Waals surface area contributed by atoms with Crippen LogP contribution in [0.3, 0.4) is 0 Å². The molecule has 3 aromatic carbocycles. The number of hydrogen-bond acceptors (Lipinski definition) is 7. The van der Waals surface area contributed by atoms with Crippen molar-refractivity contribution in [2.24, 2.45) is 0 Å². The van der Waals surface area contributed by atoms with Crippen LogP contribution < -0.4 is 16.2 Å². The van der Waals surface area contributed by atoms with Crippen LogP contribution in [0.4, 0.5) is 11.4 Å². The van der Waals surface area contributed by atoms with E-state index < -0.39 is 23.1 Å². The molecule has 0 saturated heterocycles. The third-order valence-electron chi connectivity index (χ3n) is 5.97. The maximum atomic E-state index is 13.3. The van der Waals surface area contributed by atoms with Crippen molar-refractivity contribution in [3.63, 3.8) is 0 Å². The number of rotatable bonds is 7. The van der Waals surface area contributed by atoms with Gasteiger partial charge in [-0.15, -0.1) is 0 Å². The molecule has 0 aromatic heterocycles. The normalized spacial score (nSPS) is 12.4. The number of hydrogen-bond donors (Lipinski definition) is 4. The van der Waals surface area contributed by atoms with E-state index in [2.05, 4.69) is 6.92 Å². The zero-order chi connectivity index (χ0) is 24.6. The lowest BCUT2D eigenvalue weighted by molar-refractivity contribution is 0.0975. The number of benzene rings is 3. The summed E-state index contributed by atoms with van der Waals surface area (Å²) in [5.74, 6) is -1.65. The van der Waals surface area contributed by atoms with Gasteiger partial charge < -0.3 is 26.4 Å². The molecule has 3 aromatic rings. The number of nitrogen functional groups attached to an aromatic ring is 2. The van der Waals surface area contributed by atoms with Gasteiger partial charge in [0.1, 0.15) is 17.2 Å². The van der Waals surface area contributed by atoms with Crippen molar-refractivity contribution in [1.82, 2.24) is 0 Å². The number of halogens is 1. The van der Waals surface area contributed by atoms with Crippen LogP contribution in [0.5, 0.6) is 17.2 Å². The predicted molar refractivity (Wildman–Crippen MR) is 132 cm³/mol. The van der Waals surface area contributed by atoms with Gasteiger partial charge in [-0.2, -0.15) is 0 Å². The first kappa shape index (κ1) is 23.4. The molecule has 1 aliphatic rings. The van der Waals surface area contributed by atoms with Gasteiger partial charge in [-0.05, 0) is 30.2 Å². The Morgan fingerprint density at radius 1 is 0.882 bits per heavy atom. The summed E-state index contributed by atoms with van der Waals surface area (Å²) in [6.07, 6.45) is 4.41. The van der Waals surface area contributed by atoms with Gasteiger partial charge in [0.25, 0.3) is 0 Å². The number of phenolic OH excluding ortho intramolecular Hbond substituents is 2. The number of ketones is 2. The maximum Gasteiger partial charge on any atom is 0.200 e. The van der Waals surface area contributed by atoms with E-state index in [1.807, 2.05) is 0 Å². The van der Waals surface area contributed by atoms with Crippen molar-refractivity contribution in [1.29, 1.82) is 0 Å². The largest absolute Gasteiger partial charge is 0.507 e. The zero-order valence-electron chi connectivity index (χ0n) is 18.7. The van der Waals surface area contributed by atoms with E-state index in [4.69, 9.17) is 27.8 Å². The maximum absolute atomic E-state index is 13.3. The molecule has 7 nitrogen and oxygen atoms in total. The second-order valence-electron chi connectivity index (χ2n) is 8.24. The number of carbonyl (C=O) groups is 2. The highest BCUT2D eigenvalue weighted by molar-refractivity contribution is 6.38. The van der Waals surface area contributed by atoms with E-state index in [0.29, 0.717) is 17.9 Å². The number of phenols is 2. The molecular weight excluding hydrogens is 456 g/mol. The molecule has 0 unspecified atom stereocenters. The Labute approximate surface area is 201 Å². The van der Waals surface area contributed by atoms with Crippen LogP contribution in [0.15, 0.2) is 36.4 Å². The number of ether oxygens (including phenoxy) is 1. The van der Waals surface area contributed by atoms with E-state index in [0.717, 1.165) is 25.3 Å². The van der Waals surface area contributed by atoms with Crippen LogP contribution in [0, 0.1) is 0 Å². The van der Waals surface area contributed by atoms with Gasteiger partial charge in [0.2, 0.25) is 11.6 Å². The van der Waals surface area contributed by atoms with Crippen LogP contribution in [0.2, 0.25) is 5.02 Å². The van der Waals surface area contributed by atoms with Crippen LogP contribution in [-0.2, 0) is 0 Å². The van der Waals surface area contributed by atoms with Crippen LogP contribution >= 0.6 is 11.6 Å². The zero-order valence-corrected chi connectivity index (χ0v) is 19.4. The third kappa shape index (κ3) is 3.92. The number of nitrogens with two attached hydrogens (primary N) is 2. The molecule has 0 saturated carbocycles. The molecule has 0 atom stereocenters. The summed E-state index contributed by atoms with van der Waals surface area (Å²) in [7, 11) is 0. The first-order chi connectivity index (χ1) is 16.3. The van der Waals surface area contributed by atoms with Gasteiger partial charge in [0.05, 0.1) is 39.6 Å². The SMILES string of the molecule is CCCCCCOc1ccc(-c2cc(N)c3c(c2O)C(=O)c2c(N)c(Cl)cc(O)c2C3=O)cc1. The Kier molecular flexibility index (Phi) is 6.39. The van der Waals surface area contributed by atoms with Gasteiger partial charge >= 0.3 is 0 Å². The van der Waals surface area contributed by atoms with Crippen LogP contribution in [-0.4, -0.2) is 28.4 Å². The van der Waals surface area contributed by atoms with Gasteiger partial charge in [0, 0.05) is 17.3 Å². The minimum absolute atomic E-state index is 0.00373. The van der Waals surface area contributed by atoms with E-state index in [9.17, 15) is 19.8 Å². The molecular formula is C26H25ClN2O5. The van der Waals surface area contributed by atoms with Gasteiger partial charge in [-0.25, -0.2) is 0 Å². The lowest BCUT2D eigenvalue weighted by atomic mass is 9.80. The fourth-order valence-corrected chi connectivity index (χ4v) is 4.39. The molecule has 0 radical (unpaired) electrons. The van der Waals surface area contributed by atoms with Crippen LogP contribution in [0.1, 0.15) is 64.4 Å². The number of aromatic hydroxyl groups is 2. The topological polar surface area (TPSA) is 136 Å². The molecule has 0 amide bonds. The molecule has 0 bridgehead atoms. The Hall–Kier alpha value is -3.71. The van der Waals surface area contributed by atoms with E-state index >= 15 is 0 Å². The number of fused-ring (bicyclic) bond motifs is 2. The third-order valence-corrected chi connectivity index (χ3v) is 6.28. The Balaban J connectivity index is 1.72. The first-order valence-corrected chi connectivity index (χ1v) is 11.4. The Bertz CT molecular complexity index is 1300. The molecule has 0 fully saturated rings. The molecule has 6 N–H and O–H groups in total. The molecule has 176 valence electrons. The highest BCUT2D eigenvalue weighted by atomic mass is 35.5. The van der Waals surface area contributed by atoms with Gasteiger partial charge in [-0.1, -0.05) is 49.9 Å². The highest BCUT2D eigenvalue weighted by Crippen LogP contribution is 2.46. The molecule has 0 heterocycles. The van der Waals surface area contributed by atoms with E-state index in [-0.39, 0.29) is 44.2 Å². The quantitative estimate of drug-likeness (QED) is 0.160. The molecule has 0 spiro atoms. The van der Waals surface area contributed by atoms with Crippen molar-refractivity contribution in [3.8, 4) is 28.4 Å². The summed E-state index contributed by atoms with van der Waals surface area (Å²) < 4.78 is 5.76.